The van der Waals surface area contributed by atoms with E-state index in [-0.39, 0.29) is 18.0 Å². The summed E-state index contributed by atoms with van der Waals surface area (Å²) in [7, 11) is 0. The number of aromatic nitrogens is 4. The van der Waals surface area contributed by atoms with Crippen molar-refractivity contribution >= 4 is 28.5 Å². The highest BCUT2D eigenvalue weighted by molar-refractivity contribution is 6.30. The fourth-order valence-electron chi connectivity index (χ4n) is 2.92. The van der Waals surface area contributed by atoms with Gasteiger partial charge in [-0.3, -0.25) is 14.2 Å². The number of carbonyl (C=O) groups is 1. The molecule has 1 aromatic carbocycles. The van der Waals surface area contributed by atoms with Crippen LogP contribution in [0.25, 0.3) is 16.7 Å². The van der Waals surface area contributed by atoms with Gasteiger partial charge in [0, 0.05) is 18.1 Å². The van der Waals surface area contributed by atoms with Gasteiger partial charge < -0.3 is 9.64 Å². The number of fused-ring (bicyclic) bond motifs is 1. The highest BCUT2D eigenvalue weighted by atomic mass is 35.5. The zero-order valence-corrected chi connectivity index (χ0v) is 14.6. The Balaban J connectivity index is 1.66. The van der Waals surface area contributed by atoms with Crippen LogP contribution >= 0.6 is 11.6 Å². The molecule has 0 aliphatic carbocycles. The topological polar surface area (TPSA) is 82.2 Å². The van der Waals surface area contributed by atoms with Crippen LogP contribution in [0.2, 0.25) is 5.02 Å². The van der Waals surface area contributed by atoms with Crippen LogP contribution in [0.4, 0.5) is 0 Å². The Kier molecular flexibility index (Phi) is 4.44. The van der Waals surface area contributed by atoms with Crippen LogP contribution in [-0.4, -0.2) is 56.4 Å². The number of nitrogens with zero attached hydrogens (tertiary/aromatic N) is 5. The summed E-state index contributed by atoms with van der Waals surface area (Å²) in [6.45, 7) is 2.06. The molecule has 1 amide bonds. The first-order valence-electron chi connectivity index (χ1n) is 8.18. The lowest BCUT2D eigenvalue weighted by Crippen LogP contribution is -2.43. The largest absolute Gasteiger partial charge is 0.378 e. The number of carbonyl (C=O) groups excluding carboxylic acids is 1. The Morgan fingerprint density at radius 2 is 2.08 bits per heavy atom. The highest BCUT2D eigenvalue weighted by Gasteiger charge is 2.19. The molecule has 3 aromatic rings. The van der Waals surface area contributed by atoms with Crippen LogP contribution in [0.5, 0.6) is 0 Å². The minimum atomic E-state index is -0.301. The standard InChI is InChI=1S/C17H16ClN5O3/c18-12-2-1-3-13(8-12)23-16-14(9-20-23)17(25)22(11-19-16)10-15(24)21-4-6-26-7-5-21/h1-3,8-9,11H,4-7,10H2. The molecule has 3 heterocycles. The van der Waals surface area contributed by atoms with E-state index in [1.165, 1.54) is 17.1 Å². The van der Waals surface area contributed by atoms with Crippen molar-refractivity contribution in [2.75, 3.05) is 26.3 Å². The Morgan fingerprint density at radius 3 is 2.85 bits per heavy atom. The summed E-state index contributed by atoms with van der Waals surface area (Å²) in [5.41, 5.74) is 0.832. The Hall–Kier alpha value is -2.71. The maximum absolute atomic E-state index is 12.7. The summed E-state index contributed by atoms with van der Waals surface area (Å²) in [6.07, 6.45) is 2.84. The van der Waals surface area contributed by atoms with Gasteiger partial charge in [0.25, 0.3) is 5.56 Å². The van der Waals surface area contributed by atoms with Crippen molar-refractivity contribution in [1.29, 1.82) is 0 Å². The van der Waals surface area contributed by atoms with E-state index in [0.29, 0.717) is 48.0 Å². The molecule has 0 unspecified atom stereocenters. The van der Waals surface area contributed by atoms with Gasteiger partial charge in [-0.1, -0.05) is 17.7 Å². The zero-order valence-electron chi connectivity index (χ0n) is 13.8. The third-order valence-corrected chi connectivity index (χ3v) is 4.51. The first-order chi connectivity index (χ1) is 12.6. The molecule has 26 heavy (non-hydrogen) atoms. The van der Waals surface area contributed by atoms with Gasteiger partial charge >= 0.3 is 0 Å². The lowest BCUT2D eigenvalue weighted by Gasteiger charge is -2.26. The first kappa shape index (κ1) is 16.7. The molecule has 0 saturated carbocycles. The minimum Gasteiger partial charge on any atom is -0.378 e. The predicted octanol–water partition coefficient (Wildman–Crippen LogP) is 1.09. The Labute approximate surface area is 153 Å². The predicted molar refractivity (Wildman–Crippen MR) is 95.5 cm³/mol. The van der Waals surface area contributed by atoms with Gasteiger partial charge in [0.2, 0.25) is 5.91 Å². The summed E-state index contributed by atoms with van der Waals surface area (Å²) in [5, 5.41) is 5.16. The second kappa shape index (κ2) is 6.89. The molecule has 1 aliphatic rings. The van der Waals surface area contributed by atoms with Gasteiger partial charge in [-0.25, -0.2) is 9.67 Å². The van der Waals surface area contributed by atoms with Gasteiger partial charge in [-0.15, -0.1) is 0 Å². The Morgan fingerprint density at radius 1 is 1.27 bits per heavy atom. The fourth-order valence-corrected chi connectivity index (χ4v) is 3.10. The van der Waals surface area contributed by atoms with Crippen molar-refractivity contribution in [2.45, 2.75) is 6.54 Å². The third-order valence-electron chi connectivity index (χ3n) is 4.28. The van der Waals surface area contributed by atoms with Crippen molar-refractivity contribution in [2.24, 2.45) is 0 Å². The molecule has 134 valence electrons. The third kappa shape index (κ3) is 3.09. The van der Waals surface area contributed by atoms with E-state index in [1.807, 2.05) is 6.07 Å². The monoisotopic (exact) mass is 373 g/mol. The van der Waals surface area contributed by atoms with Crippen molar-refractivity contribution in [1.82, 2.24) is 24.2 Å². The van der Waals surface area contributed by atoms with E-state index in [4.69, 9.17) is 16.3 Å². The molecule has 1 aliphatic heterocycles. The highest BCUT2D eigenvalue weighted by Crippen LogP contribution is 2.17. The molecular weight excluding hydrogens is 358 g/mol. The molecule has 0 N–H and O–H groups in total. The number of morpholine rings is 1. The molecule has 1 fully saturated rings. The van der Waals surface area contributed by atoms with E-state index in [2.05, 4.69) is 10.1 Å². The number of ether oxygens (including phenoxy) is 1. The average Bonchev–Trinajstić information content (AvgIpc) is 3.09. The number of rotatable bonds is 3. The van der Waals surface area contributed by atoms with E-state index in [1.54, 1.807) is 27.8 Å². The summed E-state index contributed by atoms with van der Waals surface area (Å²) in [6, 6.07) is 7.12. The average molecular weight is 374 g/mol. The minimum absolute atomic E-state index is 0.0515. The van der Waals surface area contributed by atoms with E-state index in [9.17, 15) is 9.59 Å². The maximum atomic E-state index is 12.7. The molecule has 0 bridgehead atoms. The lowest BCUT2D eigenvalue weighted by atomic mass is 10.3. The summed E-state index contributed by atoms with van der Waals surface area (Å²) in [5.74, 6) is -0.126. The smallest absolute Gasteiger partial charge is 0.264 e. The van der Waals surface area contributed by atoms with Crippen LogP contribution in [-0.2, 0) is 16.1 Å². The van der Waals surface area contributed by atoms with Gasteiger partial charge in [0.05, 0.1) is 25.1 Å². The van der Waals surface area contributed by atoms with E-state index >= 15 is 0 Å². The van der Waals surface area contributed by atoms with Gasteiger partial charge in [0.1, 0.15) is 18.3 Å². The van der Waals surface area contributed by atoms with Crippen molar-refractivity contribution in [3.63, 3.8) is 0 Å². The van der Waals surface area contributed by atoms with Crippen LogP contribution < -0.4 is 5.56 Å². The Bertz CT molecular complexity index is 1020. The molecule has 9 heteroatoms. The first-order valence-corrected chi connectivity index (χ1v) is 8.56. The van der Waals surface area contributed by atoms with Crippen LogP contribution in [0.1, 0.15) is 0 Å². The fraction of sp³-hybridized carbons (Fsp3) is 0.294. The normalized spacial score (nSPS) is 14.7. The SMILES string of the molecule is O=C(Cn1cnc2c(cnn2-c2cccc(Cl)c2)c1=O)N1CCOCC1. The number of hydrogen-bond donors (Lipinski definition) is 0. The molecule has 4 rings (SSSR count). The van der Waals surface area contributed by atoms with Crippen molar-refractivity contribution in [3.05, 3.63) is 52.2 Å². The number of amides is 1. The summed E-state index contributed by atoms with van der Waals surface area (Å²) >= 11 is 6.02. The molecular formula is C17H16ClN5O3. The number of hydrogen-bond acceptors (Lipinski definition) is 5. The number of benzene rings is 1. The molecule has 0 radical (unpaired) electrons. The summed E-state index contributed by atoms with van der Waals surface area (Å²) < 4.78 is 8.10. The second-order valence-electron chi connectivity index (χ2n) is 5.94. The quantitative estimate of drug-likeness (QED) is 0.686. The van der Waals surface area contributed by atoms with Crippen LogP contribution in [0.15, 0.2) is 41.6 Å². The number of halogens is 1. The summed E-state index contributed by atoms with van der Waals surface area (Å²) in [4.78, 5) is 31.1. The molecule has 0 spiro atoms. The molecule has 8 nitrogen and oxygen atoms in total. The van der Waals surface area contributed by atoms with E-state index in [0.717, 1.165) is 0 Å². The van der Waals surface area contributed by atoms with Gasteiger partial charge in [-0.05, 0) is 18.2 Å². The second-order valence-corrected chi connectivity index (χ2v) is 6.38. The molecule has 1 saturated heterocycles. The maximum Gasteiger partial charge on any atom is 0.264 e. The van der Waals surface area contributed by atoms with Crippen molar-refractivity contribution in [3.8, 4) is 5.69 Å². The van der Waals surface area contributed by atoms with E-state index < -0.39 is 0 Å². The van der Waals surface area contributed by atoms with Crippen molar-refractivity contribution < 1.29 is 9.53 Å². The molecule has 0 atom stereocenters. The van der Waals surface area contributed by atoms with Crippen LogP contribution in [0, 0.1) is 0 Å². The zero-order chi connectivity index (χ0) is 18.1. The van der Waals surface area contributed by atoms with Crippen LogP contribution in [0.3, 0.4) is 0 Å². The van der Waals surface area contributed by atoms with Gasteiger partial charge in [0.15, 0.2) is 5.65 Å². The lowest BCUT2D eigenvalue weighted by molar-refractivity contribution is -0.135. The molecule has 2 aromatic heterocycles. The van der Waals surface area contributed by atoms with Gasteiger partial charge in [-0.2, -0.15) is 5.10 Å².